The van der Waals surface area contributed by atoms with Gasteiger partial charge in [0.2, 0.25) is 15.9 Å². The van der Waals surface area contributed by atoms with Gasteiger partial charge in [0.25, 0.3) is 0 Å². The topological polar surface area (TPSA) is 98.5 Å². The van der Waals surface area contributed by atoms with Crippen LogP contribution in [-0.2, 0) is 27.8 Å². The smallest absolute Gasteiger partial charge is 0.241 e. The predicted octanol–water partition coefficient (Wildman–Crippen LogP) is 3.89. The Hall–Kier alpha value is -2.94. The number of carbonyl (C=O) groups excluding carboxylic acids is 1. The van der Waals surface area contributed by atoms with Crippen molar-refractivity contribution in [3.63, 3.8) is 0 Å². The standard InChI is InChI=1S/C21H18ClFN2O4S/c22-17-7-3-1-5-14(17)11-21(26)25-16-9-10-19(20(12-16)30(24,27)28)29-13-15-6-2-4-8-18(15)23/h1-10,12H,11,13H2,(H,25,26)(H2,24,27,28). The summed E-state index contributed by atoms with van der Waals surface area (Å²) in [5.74, 6) is -0.911. The maximum absolute atomic E-state index is 13.8. The van der Waals surface area contributed by atoms with Crippen molar-refractivity contribution in [1.29, 1.82) is 0 Å². The van der Waals surface area contributed by atoms with Gasteiger partial charge in [0.1, 0.15) is 23.1 Å². The van der Waals surface area contributed by atoms with Crippen LogP contribution in [0.15, 0.2) is 71.6 Å². The number of rotatable bonds is 7. The van der Waals surface area contributed by atoms with Crippen LogP contribution in [0.4, 0.5) is 10.1 Å². The van der Waals surface area contributed by atoms with Crippen LogP contribution >= 0.6 is 11.6 Å². The summed E-state index contributed by atoms with van der Waals surface area (Å²) in [6.07, 6.45) is 0.00984. The second-order valence-electron chi connectivity index (χ2n) is 6.40. The minimum Gasteiger partial charge on any atom is -0.487 e. The maximum Gasteiger partial charge on any atom is 0.241 e. The lowest BCUT2D eigenvalue weighted by atomic mass is 10.1. The second-order valence-corrected chi connectivity index (χ2v) is 8.34. The number of carbonyl (C=O) groups is 1. The highest BCUT2D eigenvalue weighted by Crippen LogP contribution is 2.28. The normalized spacial score (nSPS) is 11.2. The Kier molecular flexibility index (Phi) is 6.71. The molecule has 0 saturated carbocycles. The quantitative estimate of drug-likeness (QED) is 0.572. The number of hydrogen-bond acceptors (Lipinski definition) is 4. The Labute approximate surface area is 178 Å². The summed E-state index contributed by atoms with van der Waals surface area (Å²) in [4.78, 5) is 12.0. The molecule has 3 aromatic rings. The fourth-order valence-corrected chi connectivity index (χ4v) is 3.62. The minimum atomic E-state index is -4.16. The molecule has 3 rings (SSSR count). The Morgan fingerprint density at radius 1 is 1.03 bits per heavy atom. The monoisotopic (exact) mass is 448 g/mol. The Bertz CT molecular complexity index is 1190. The second kappa shape index (κ2) is 9.25. The highest BCUT2D eigenvalue weighted by Gasteiger charge is 2.18. The summed E-state index contributed by atoms with van der Waals surface area (Å²) in [6.45, 7) is -0.187. The van der Waals surface area contributed by atoms with Crippen LogP contribution in [0.1, 0.15) is 11.1 Å². The van der Waals surface area contributed by atoms with Crippen molar-refractivity contribution in [2.45, 2.75) is 17.9 Å². The van der Waals surface area contributed by atoms with Gasteiger partial charge in [0.05, 0.1) is 6.42 Å². The van der Waals surface area contributed by atoms with E-state index in [2.05, 4.69) is 5.32 Å². The van der Waals surface area contributed by atoms with E-state index >= 15 is 0 Å². The van der Waals surface area contributed by atoms with E-state index in [4.69, 9.17) is 21.5 Å². The molecule has 0 spiro atoms. The van der Waals surface area contributed by atoms with E-state index in [9.17, 15) is 17.6 Å². The van der Waals surface area contributed by atoms with Gasteiger partial charge in [-0.05, 0) is 35.9 Å². The lowest BCUT2D eigenvalue weighted by Gasteiger charge is -2.13. The lowest BCUT2D eigenvalue weighted by molar-refractivity contribution is -0.115. The van der Waals surface area contributed by atoms with Crippen LogP contribution < -0.4 is 15.2 Å². The summed E-state index contributed by atoms with van der Waals surface area (Å²) < 4.78 is 43.2. The average Bonchev–Trinajstić information content (AvgIpc) is 2.69. The van der Waals surface area contributed by atoms with Crippen LogP contribution in [-0.4, -0.2) is 14.3 Å². The first kappa shape index (κ1) is 21.8. The third-order valence-electron chi connectivity index (χ3n) is 4.18. The summed E-state index contributed by atoms with van der Waals surface area (Å²) in [7, 11) is -4.16. The molecule has 0 bridgehead atoms. The number of benzene rings is 3. The molecule has 0 atom stereocenters. The molecule has 0 fully saturated rings. The van der Waals surface area contributed by atoms with Gasteiger partial charge in [-0.25, -0.2) is 17.9 Å². The third-order valence-corrected chi connectivity index (χ3v) is 5.48. The first-order chi connectivity index (χ1) is 14.2. The molecule has 0 saturated heterocycles. The molecule has 0 aliphatic heterocycles. The maximum atomic E-state index is 13.8. The van der Waals surface area contributed by atoms with Gasteiger partial charge in [-0.15, -0.1) is 0 Å². The number of nitrogens with one attached hydrogen (secondary N) is 1. The van der Waals surface area contributed by atoms with Crippen LogP contribution in [0.3, 0.4) is 0 Å². The molecule has 0 aliphatic carbocycles. The molecule has 156 valence electrons. The minimum absolute atomic E-state index is 0.00984. The molecular formula is C21H18ClFN2O4S. The van der Waals surface area contributed by atoms with Crippen molar-refractivity contribution in [3.8, 4) is 5.75 Å². The molecule has 3 aromatic carbocycles. The fraction of sp³-hybridized carbons (Fsp3) is 0.0952. The number of halogens is 2. The average molecular weight is 449 g/mol. The summed E-state index contributed by atoms with van der Waals surface area (Å²) in [5.41, 5.74) is 1.11. The zero-order valence-corrected chi connectivity index (χ0v) is 17.2. The van der Waals surface area contributed by atoms with Gasteiger partial charge in [0, 0.05) is 16.3 Å². The van der Waals surface area contributed by atoms with E-state index in [1.165, 1.54) is 36.4 Å². The highest BCUT2D eigenvalue weighted by atomic mass is 35.5. The van der Waals surface area contributed by atoms with Crippen LogP contribution in [0.5, 0.6) is 5.75 Å². The van der Waals surface area contributed by atoms with Crippen LogP contribution in [0, 0.1) is 5.82 Å². The van der Waals surface area contributed by atoms with Gasteiger partial charge in [-0.1, -0.05) is 48.0 Å². The van der Waals surface area contributed by atoms with E-state index in [0.717, 1.165) is 0 Å². The van der Waals surface area contributed by atoms with Gasteiger partial charge in [-0.3, -0.25) is 4.79 Å². The largest absolute Gasteiger partial charge is 0.487 e. The number of ether oxygens (including phenoxy) is 1. The SMILES string of the molecule is NS(=O)(=O)c1cc(NC(=O)Cc2ccccc2Cl)ccc1OCc1ccccc1F. The first-order valence-electron chi connectivity index (χ1n) is 8.80. The van der Waals surface area contributed by atoms with E-state index in [0.29, 0.717) is 10.6 Å². The molecule has 0 aromatic heterocycles. The Morgan fingerprint density at radius 3 is 2.37 bits per heavy atom. The Balaban J connectivity index is 1.78. The van der Waals surface area contributed by atoms with Gasteiger partial charge >= 0.3 is 0 Å². The third kappa shape index (κ3) is 5.56. The van der Waals surface area contributed by atoms with Gasteiger partial charge in [0.15, 0.2) is 0 Å². The predicted molar refractivity (Wildman–Crippen MR) is 112 cm³/mol. The van der Waals surface area contributed by atoms with E-state index in [-0.39, 0.29) is 40.8 Å². The zero-order valence-electron chi connectivity index (χ0n) is 15.6. The molecule has 3 N–H and O–H groups in total. The molecule has 0 heterocycles. The molecule has 1 amide bonds. The van der Waals surface area contributed by atoms with Crippen molar-refractivity contribution in [3.05, 3.63) is 88.7 Å². The molecule has 30 heavy (non-hydrogen) atoms. The van der Waals surface area contributed by atoms with Crippen molar-refractivity contribution in [2.24, 2.45) is 5.14 Å². The van der Waals surface area contributed by atoms with Gasteiger partial charge in [-0.2, -0.15) is 0 Å². The molecule has 0 unspecified atom stereocenters. The van der Waals surface area contributed by atoms with Crippen LogP contribution in [0.25, 0.3) is 0 Å². The van der Waals surface area contributed by atoms with Crippen molar-refractivity contribution in [2.75, 3.05) is 5.32 Å². The van der Waals surface area contributed by atoms with E-state index < -0.39 is 15.8 Å². The zero-order chi connectivity index (χ0) is 21.7. The molecule has 0 radical (unpaired) electrons. The van der Waals surface area contributed by atoms with Crippen molar-refractivity contribution >= 4 is 33.2 Å². The first-order valence-corrected chi connectivity index (χ1v) is 10.7. The molecule has 0 aliphatic rings. The fourth-order valence-electron chi connectivity index (χ4n) is 2.72. The number of amides is 1. The summed E-state index contributed by atoms with van der Waals surface area (Å²) >= 11 is 6.05. The van der Waals surface area contributed by atoms with Gasteiger partial charge < -0.3 is 10.1 Å². The number of sulfonamides is 1. The van der Waals surface area contributed by atoms with Crippen molar-refractivity contribution < 1.29 is 22.3 Å². The van der Waals surface area contributed by atoms with Crippen LogP contribution in [0.2, 0.25) is 5.02 Å². The van der Waals surface area contributed by atoms with Crippen molar-refractivity contribution in [1.82, 2.24) is 0 Å². The molecular weight excluding hydrogens is 431 g/mol. The number of primary sulfonamides is 1. The summed E-state index contributed by atoms with van der Waals surface area (Å²) in [6, 6.07) is 16.9. The highest BCUT2D eigenvalue weighted by molar-refractivity contribution is 7.89. The lowest BCUT2D eigenvalue weighted by Crippen LogP contribution is -2.17. The van der Waals surface area contributed by atoms with E-state index in [1.54, 1.807) is 30.3 Å². The molecule has 6 nitrogen and oxygen atoms in total. The summed E-state index contributed by atoms with van der Waals surface area (Å²) in [5, 5.41) is 8.35. The molecule has 9 heteroatoms. The Morgan fingerprint density at radius 2 is 1.70 bits per heavy atom. The van der Waals surface area contributed by atoms with E-state index in [1.807, 2.05) is 0 Å². The number of hydrogen-bond donors (Lipinski definition) is 2. The number of anilines is 1. The number of nitrogens with two attached hydrogens (primary N) is 1.